The Balaban J connectivity index is 1.69. The van der Waals surface area contributed by atoms with Gasteiger partial charge in [-0.05, 0) is 74.5 Å². The molecule has 278 valence electrons. The van der Waals surface area contributed by atoms with E-state index < -0.39 is 50.1 Å². The number of nitrogens with zero attached hydrogens (tertiary/aromatic N) is 5. The fourth-order valence-electron chi connectivity index (χ4n) is 5.86. The van der Waals surface area contributed by atoms with Crippen molar-refractivity contribution in [3.05, 3.63) is 83.8 Å². The van der Waals surface area contributed by atoms with Crippen LogP contribution in [-0.4, -0.2) is 108 Å². The van der Waals surface area contributed by atoms with Crippen molar-refractivity contribution in [3.63, 3.8) is 0 Å². The first-order valence-electron chi connectivity index (χ1n) is 16.8. The molecule has 6 N–H and O–H groups in total. The highest BCUT2D eigenvalue weighted by Crippen LogP contribution is 2.26. The quantitative estimate of drug-likeness (QED) is 0.0652. The monoisotopic (exact) mass is 720 g/mol. The number of unbranched alkanes of at least 4 members (excludes halogenated alkanes) is 3. The maximum atomic E-state index is 11.5. The van der Waals surface area contributed by atoms with Gasteiger partial charge in [-0.2, -0.15) is 0 Å². The van der Waals surface area contributed by atoms with Gasteiger partial charge in [-0.3, -0.25) is 43.8 Å². The van der Waals surface area contributed by atoms with Crippen molar-refractivity contribution in [1.29, 1.82) is 0 Å². The van der Waals surface area contributed by atoms with Crippen molar-refractivity contribution < 1.29 is 48.4 Å². The third-order valence-electron chi connectivity index (χ3n) is 7.88. The van der Waals surface area contributed by atoms with Gasteiger partial charge in [-0.1, -0.05) is 12.8 Å². The molecule has 0 radical (unpaired) electrons. The molecule has 0 saturated carbocycles. The van der Waals surface area contributed by atoms with Crippen LogP contribution in [0.4, 0.5) is 0 Å². The van der Waals surface area contributed by atoms with Crippen molar-refractivity contribution in [2.45, 2.75) is 51.9 Å². The molecule has 4 aromatic heterocycles. The molecule has 52 heavy (non-hydrogen) atoms. The summed E-state index contributed by atoms with van der Waals surface area (Å²) in [4.78, 5) is 60.4. The smallest absolute Gasteiger partial charge is 0.317 e. The van der Waals surface area contributed by atoms with E-state index in [-0.39, 0.29) is 13.1 Å². The number of hydrogen-bond acceptors (Lipinski definition) is 12. The first-order chi connectivity index (χ1) is 25.0. The maximum absolute atomic E-state index is 11.5. The second kappa shape index (κ2) is 19.8. The number of furan rings is 2. The second-order valence-corrected chi connectivity index (χ2v) is 12.4. The Bertz CT molecular complexity index is 1610. The molecule has 0 aliphatic carbocycles. The lowest BCUT2D eigenvalue weighted by Gasteiger charge is -2.24. The summed E-state index contributed by atoms with van der Waals surface area (Å²) in [5, 5.41) is 37.6. The van der Waals surface area contributed by atoms with Crippen LogP contribution in [0.25, 0.3) is 22.6 Å². The minimum Gasteiger partial charge on any atom is -0.480 e. The molecule has 4 heterocycles. The third kappa shape index (κ3) is 13.4. The van der Waals surface area contributed by atoms with Crippen LogP contribution >= 0.6 is 0 Å². The summed E-state index contributed by atoms with van der Waals surface area (Å²) < 4.78 is 11.3. The molecular weight excluding hydrogens is 676 g/mol. The normalized spacial score (nSPS) is 11.5. The van der Waals surface area contributed by atoms with Gasteiger partial charge in [0.2, 0.25) is 0 Å². The number of carboxylic acid groups (broad SMARTS) is 4. The largest absolute Gasteiger partial charge is 0.480 e. The number of hydrogen-bond donors (Lipinski definition) is 5. The number of aromatic nitrogens is 2. The highest BCUT2D eigenvalue weighted by molar-refractivity contribution is 5.73. The first-order valence-corrected chi connectivity index (χ1v) is 16.8. The van der Waals surface area contributed by atoms with Crippen LogP contribution in [0.2, 0.25) is 0 Å². The molecule has 16 nitrogen and oxygen atoms in total. The minimum atomic E-state index is -1.16. The summed E-state index contributed by atoms with van der Waals surface area (Å²) in [5.41, 5.74) is 9.28. The van der Waals surface area contributed by atoms with Gasteiger partial charge in [-0.25, -0.2) is 0 Å². The summed E-state index contributed by atoms with van der Waals surface area (Å²) in [6.45, 7) is -0.0903. The Morgan fingerprint density at radius 1 is 0.558 bits per heavy atom. The molecule has 4 rings (SSSR count). The first kappa shape index (κ1) is 39.4. The number of pyridine rings is 2. The molecule has 0 saturated heterocycles. The number of carboxylic acids is 4. The fraction of sp³-hybridized carbons (Fsp3) is 0.389. The minimum absolute atomic E-state index is 0.0292. The van der Waals surface area contributed by atoms with Crippen molar-refractivity contribution >= 4 is 23.9 Å². The van der Waals surface area contributed by atoms with Gasteiger partial charge in [0.1, 0.15) is 11.5 Å². The van der Waals surface area contributed by atoms with Crippen LogP contribution in [0.5, 0.6) is 0 Å². The Hall–Kier alpha value is -5.42. The van der Waals surface area contributed by atoms with Gasteiger partial charge in [0, 0.05) is 37.3 Å². The van der Waals surface area contributed by atoms with Crippen molar-refractivity contribution in [2.75, 3.05) is 39.3 Å². The molecule has 4 aromatic rings. The lowest BCUT2D eigenvalue weighted by atomic mass is 10.1. The molecule has 16 heteroatoms. The van der Waals surface area contributed by atoms with E-state index in [1.54, 1.807) is 36.4 Å². The van der Waals surface area contributed by atoms with Crippen LogP contribution in [0.15, 0.2) is 69.9 Å². The zero-order valence-electron chi connectivity index (χ0n) is 28.7. The highest BCUT2D eigenvalue weighted by atomic mass is 16.4. The summed E-state index contributed by atoms with van der Waals surface area (Å²) in [6.07, 6.45) is 6.70. The molecular formula is C36H44N6O10. The molecule has 0 fully saturated rings. The third-order valence-corrected chi connectivity index (χ3v) is 7.88. The number of nitrogens with two attached hydrogens (primary N) is 1. The van der Waals surface area contributed by atoms with Crippen molar-refractivity contribution in [2.24, 2.45) is 5.73 Å². The maximum Gasteiger partial charge on any atom is 0.317 e. The van der Waals surface area contributed by atoms with E-state index >= 15 is 0 Å². The topological polar surface area (TPSA) is 237 Å². The van der Waals surface area contributed by atoms with E-state index in [2.05, 4.69) is 4.90 Å². The molecule has 0 aliphatic rings. The van der Waals surface area contributed by atoms with E-state index in [0.29, 0.717) is 71.6 Å². The molecule has 0 aliphatic heterocycles. The van der Waals surface area contributed by atoms with E-state index in [9.17, 15) is 39.6 Å². The number of rotatable bonds is 24. The van der Waals surface area contributed by atoms with Crippen LogP contribution in [0, 0.1) is 0 Å². The molecule has 0 aromatic carbocycles. The number of aliphatic carboxylic acids is 4. The van der Waals surface area contributed by atoms with E-state index in [1.165, 1.54) is 22.3 Å². The Morgan fingerprint density at radius 3 is 1.25 bits per heavy atom. The molecule has 0 atom stereocenters. The zero-order chi connectivity index (χ0) is 37.5. The van der Waals surface area contributed by atoms with Crippen molar-refractivity contribution in [1.82, 2.24) is 24.7 Å². The summed E-state index contributed by atoms with van der Waals surface area (Å²) >= 11 is 0. The van der Waals surface area contributed by atoms with Crippen molar-refractivity contribution in [3.8, 4) is 22.6 Å². The van der Waals surface area contributed by atoms with Crippen LogP contribution < -0.4 is 5.73 Å². The zero-order valence-corrected chi connectivity index (χ0v) is 28.7. The summed E-state index contributed by atoms with van der Waals surface area (Å²) in [6, 6.07) is 14.3. The average molecular weight is 721 g/mol. The second-order valence-electron chi connectivity index (χ2n) is 12.4. The molecule has 0 spiro atoms. The van der Waals surface area contributed by atoms with Crippen LogP contribution in [-0.2, 0) is 45.4 Å². The van der Waals surface area contributed by atoms with Gasteiger partial charge in [0.25, 0.3) is 0 Å². The van der Waals surface area contributed by atoms with Crippen LogP contribution in [0.1, 0.15) is 48.5 Å². The Labute approximate surface area is 300 Å². The fourth-order valence-corrected chi connectivity index (χ4v) is 5.86. The molecule has 0 amide bonds. The Morgan fingerprint density at radius 2 is 0.923 bits per heavy atom. The standard InChI is InChI=1S/C36H44N6O10/c37-9-3-1-2-4-10-40(17-27-13-25(31-7-5-11-51-31)15-29(38-27)19-41(21-33(43)44)22-34(45)46)18-28-14-26(32-8-6-12-52-32)16-30(39-28)20-42(23-35(47)48)24-36(49)50/h5-8,11-16H,1-4,9-10,17-24,37H2,(H,43,44)(H,45,46)(H,47,48)(H,49,50). The van der Waals surface area contributed by atoms with E-state index in [0.717, 1.165) is 25.7 Å². The van der Waals surface area contributed by atoms with Gasteiger partial charge in [0.15, 0.2) is 0 Å². The van der Waals surface area contributed by atoms with E-state index in [4.69, 9.17) is 24.5 Å². The lowest BCUT2D eigenvalue weighted by molar-refractivity contribution is -0.144. The van der Waals surface area contributed by atoms with Gasteiger partial charge < -0.3 is 35.0 Å². The average Bonchev–Trinajstić information content (AvgIpc) is 3.79. The van der Waals surface area contributed by atoms with Crippen LogP contribution in [0.3, 0.4) is 0 Å². The predicted molar refractivity (Wildman–Crippen MR) is 187 cm³/mol. The number of carbonyl (C=O) groups is 4. The highest BCUT2D eigenvalue weighted by Gasteiger charge is 2.20. The van der Waals surface area contributed by atoms with E-state index in [1.807, 2.05) is 12.1 Å². The SMILES string of the molecule is NCCCCCCN(Cc1cc(-c2ccco2)cc(CN(CC(=O)O)CC(=O)O)n1)Cc1cc(-c2ccco2)cc(CN(CC(=O)O)CC(=O)O)n1. The molecule has 0 bridgehead atoms. The van der Waals surface area contributed by atoms with Gasteiger partial charge in [0.05, 0.1) is 61.5 Å². The van der Waals surface area contributed by atoms with Gasteiger partial charge in [-0.15, -0.1) is 0 Å². The summed E-state index contributed by atoms with van der Waals surface area (Å²) in [5.74, 6) is -3.54. The Kier molecular flexibility index (Phi) is 15.0. The summed E-state index contributed by atoms with van der Waals surface area (Å²) in [7, 11) is 0. The predicted octanol–water partition coefficient (Wildman–Crippen LogP) is 3.46. The molecule has 0 unspecified atom stereocenters. The lowest BCUT2D eigenvalue weighted by Crippen LogP contribution is -2.34. The van der Waals surface area contributed by atoms with Gasteiger partial charge >= 0.3 is 23.9 Å².